The molecule has 0 radical (unpaired) electrons. The van der Waals surface area contributed by atoms with Crippen LogP contribution in [0.15, 0.2) is 24.3 Å². The third-order valence-electron chi connectivity index (χ3n) is 6.48. The highest BCUT2D eigenvalue weighted by Gasteiger charge is 2.12. The number of benzene rings is 1. The number of esters is 2. The molecule has 0 saturated carbocycles. The van der Waals surface area contributed by atoms with E-state index in [4.69, 9.17) is 9.47 Å². The molecule has 206 valence electrons. The molecule has 1 aromatic carbocycles. The molecule has 6 heteroatoms. The molecule has 0 aliphatic heterocycles. The number of unbranched alkanes of at least 4 members (excludes halogenated alkanes) is 12. The van der Waals surface area contributed by atoms with E-state index < -0.39 is 0 Å². The Morgan fingerprint density at radius 2 is 0.861 bits per heavy atom. The molecule has 6 nitrogen and oxygen atoms in total. The van der Waals surface area contributed by atoms with Gasteiger partial charge in [0.1, 0.15) is 13.5 Å². The summed E-state index contributed by atoms with van der Waals surface area (Å²) in [5, 5.41) is 0. The number of rotatable bonds is 22. The van der Waals surface area contributed by atoms with Gasteiger partial charge in [-0.3, -0.25) is 9.80 Å². The van der Waals surface area contributed by atoms with Crippen LogP contribution in [-0.4, -0.2) is 62.4 Å². The van der Waals surface area contributed by atoms with Gasteiger partial charge in [0.2, 0.25) is 0 Å². The Balaban J connectivity index is 2.21. The van der Waals surface area contributed by atoms with Gasteiger partial charge in [0.15, 0.2) is 0 Å². The predicted molar refractivity (Wildman–Crippen MR) is 148 cm³/mol. The zero-order valence-corrected chi connectivity index (χ0v) is 23.6. The first-order chi connectivity index (χ1) is 17.5. The van der Waals surface area contributed by atoms with Crippen molar-refractivity contribution in [2.24, 2.45) is 0 Å². The fraction of sp³-hybridized carbons (Fsp3) is 0.733. The molecule has 0 aliphatic carbocycles. The maximum Gasteiger partial charge on any atom is 0.339 e. The van der Waals surface area contributed by atoms with Gasteiger partial charge in [-0.1, -0.05) is 90.9 Å². The SMILES string of the molecule is CCCCCCCCCN(C)COC(=O)c1ccc(C(=O)OCN(C)CCCCCCCCC)cc1. The Morgan fingerprint density at radius 3 is 1.19 bits per heavy atom. The third-order valence-corrected chi connectivity index (χ3v) is 6.48. The van der Waals surface area contributed by atoms with Crippen LogP contribution in [0.25, 0.3) is 0 Å². The van der Waals surface area contributed by atoms with Crippen molar-refractivity contribution in [2.75, 3.05) is 40.6 Å². The Kier molecular flexibility index (Phi) is 18.9. The first kappa shape index (κ1) is 32.1. The summed E-state index contributed by atoms with van der Waals surface area (Å²) < 4.78 is 10.8. The maximum atomic E-state index is 12.3. The highest BCUT2D eigenvalue weighted by molar-refractivity contribution is 5.93. The zero-order valence-electron chi connectivity index (χ0n) is 23.6. The summed E-state index contributed by atoms with van der Waals surface area (Å²) in [6.45, 7) is 6.83. The van der Waals surface area contributed by atoms with Crippen molar-refractivity contribution in [1.82, 2.24) is 9.80 Å². The Labute approximate surface area is 220 Å². The van der Waals surface area contributed by atoms with Gasteiger partial charge in [-0.2, -0.15) is 0 Å². The van der Waals surface area contributed by atoms with E-state index in [2.05, 4.69) is 13.8 Å². The van der Waals surface area contributed by atoms with Crippen molar-refractivity contribution >= 4 is 11.9 Å². The van der Waals surface area contributed by atoms with Gasteiger partial charge in [0, 0.05) is 13.1 Å². The second kappa shape index (κ2) is 21.2. The van der Waals surface area contributed by atoms with Gasteiger partial charge in [0.25, 0.3) is 0 Å². The Morgan fingerprint density at radius 1 is 0.556 bits per heavy atom. The molecule has 0 aliphatic rings. The maximum absolute atomic E-state index is 12.3. The summed E-state index contributed by atoms with van der Waals surface area (Å²) in [5.74, 6) is -0.758. The molecule has 1 rings (SSSR count). The van der Waals surface area contributed by atoms with Crippen LogP contribution in [0.4, 0.5) is 0 Å². The van der Waals surface area contributed by atoms with Crippen molar-refractivity contribution in [3.05, 3.63) is 35.4 Å². The summed E-state index contributed by atoms with van der Waals surface area (Å²) in [5.41, 5.74) is 0.874. The van der Waals surface area contributed by atoms with E-state index in [-0.39, 0.29) is 25.4 Å². The molecule has 0 N–H and O–H groups in total. The highest BCUT2D eigenvalue weighted by atomic mass is 16.5. The smallest absolute Gasteiger partial charge is 0.339 e. The van der Waals surface area contributed by atoms with Crippen LogP contribution in [0.5, 0.6) is 0 Å². The molecule has 0 saturated heterocycles. The molecule has 1 aromatic rings. The van der Waals surface area contributed by atoms with Crippen LogP contribution in [0, 0.1) is 0 Å². The van der Waals surface area contributed by atoms with Crippen molar-refractivity contribution in [3.8, 4) is 0 Å². The van der Waals surface area contributed by atoms with Crippen LogP contribution in [-0.2, 0) is 9.47 Å². The average molecular weight is 505 g/mol. The van der Waals surface area contributed by atoms with E-state index in [1.807, 2.05) is 23.9 Å². The molecular formula is C30H52N2O4. The van der Waals surface area contributed by atoms with Crippen LogP contribution >= 0.6 is 0 Å². The van der Waals surface area contributed by atoms with E-state index in [9.17, 15) is 9.59 Å². The lowest BCUT2D eigenvalue weighted by molar-refractivity contribution is 0.0258. The zero-order chi connectivity index (χ0) is 26.4. The van der Waals surface area contributed by atoms with E-state index in [0.29, 0.717) is 11.1 Å². The van der Waals surface area contributed by atoms with Gasteiger partial charge in [-0.15, -0.1) is 0 Å². The van der Waals surface area contributed by atoms with Gasteiger partial charge in [-0.05, 0) is 51.2 Å². The second-order valence-electron chi connectivity index (χ2n) is 10.1. The van der Waals surface area contributed by atoms with Crippen LogP contribution in [0.2, 0.25) is 0 Å². The lowest BCUT2D eigenvalue weighted by Gasteiger charge is -2.17. The van der Waals surface area contributed by atoms with E-state index in [1.165, 1.54) is 77.0 Å². The number of ether oxygens (including phenoxy) is 2. The van der Waals surface area contributed by atoms with E-state index in [1.54, 1.807) is 24.3 Å². The van der Waals surface area contributed by atoms with Gasteiger partial charge >= 0.3 is 11.9 Å². The molecule has 0 amide bonds. The van der Waals surface area contributed by atoms with Crippen molar-refractivity contribution in [1.29, 1.82) is 0 Å². The van der Waals surface area contributed by atoms with Gasteiger partial charge in [0.05, 0.1) is 11.1 Å². The Bertz CT molecular complexity index is 634. The number of hydrogen-bond donors (Lipinski definition) is 0. The minimum absolute atomic E-state index is 0.267. The summed E-state index contributed by atoms with van der Waals surface area (Å²) in [4.78, 5) is 28.8. The fourth-order valence-electron chi connectivity index (χ4n) is 4.05. The van der Waals surface area contributed by atoms with Crippen LogP contribution in [0.1, 0.15) is 124 Å². The van der Waals surface area contributed by atoms with Gasteiger partial charge < -0.3 is 9.47 Å². The summed E-state index contributed by atoms with van der Waals surface area (Å²) in [6.07, 6.45) is 17.7. The second-order valence-corrected chi connectivity index (χ2v) is 10.1. The first-order valence-corrected chi connectivity index (χ1v) is 14.3. The molecule has 0 unspecified atom stereocenters. The van der Waals surface area contributed by atoms with Crippen molar-refractivity contribution < 1.29 is 19.1 Å². The quantitative estimate of drug-likeness (QED) is 0.0939. The monoisotopic (exact) mass is 504 g/mol. The molecule has 0 atom stereocenters. The lowest BCUT2D eigenvalue weighted by Crippen LogP contribution is -2.25. The molecular weight excluding hydrogens is 452 g/mol. The van der Waals surface area contributed by atoms with Crippen molar-refractivity contribution in [2.45, 2.75) is 104 Å². The highest BCUT2D eigenvalue weighted by Crippen LogP contribution is 2.10. The van der Waals surface area contributed by atoms with E-state index >= 15 is 0 Å². The number of carbonyl (C=O) groups excluding carboxylic acids is 2. The predicted octanol–water partition coefficient (Wildman–Crippen LogP) is 7.28. The minimum atomic E-state index is -0.379. The molecule has 0 spiro atoms. The number of carbonyl (C=O) groups is 2. The van der Waals surface area contributed by atoms with Crippen LogP contribution < -0.4 is 0 Å². The minimum Gasteiger partial charge on any atom is -0.446 e. The largest absolute Gasteiger partial charge is 0.446 e. The summed E-state index contributed by atoms with van der Waals surface area (Å²) in [7, 11) is 3.93. The molecule has 0 heterocycles. The van der Waals surface area contributed by atoms with Crippen LogP contribution in [0.3, 0.4) is 0 Å². The number of nitrogens with zero attached hydrogens (tertiary/aromatic N) is 2. The van der Waals surface area contributed by atoms with Crippen molar-refractivity contribution in [3.63, 3.8) is 0 Å². The normalized spacial score (nSPS) is 11.3. The average Bonchev–Trinajstić information content (AvgIpc) is 2.89. The Hall–Kier alpha value is -1.92. The standard InChI is InChI=1S/C30H52N2O4/c1-5-7-9-11-13-15-17-23-31(3)25-35-29(33)27-19-21-28(22-20-27)30(34)36-26-32(4)24-18-16-14-12-10-8-6-2/h19-22H,5-18,23-26H2,1-4H3. The molecule has 36 heavy (non-hydrogen) atoms. The third kappa shape index (κ3) is 15.9. The molecule has 0 bridgehead atoms. The van der Waals surface area contributed by atoms with E-state index in [0.717, 1.165) is 25.9 Å². The molecule has 0 fully saturated rings. The topological polar surface area (TPSA) is 59.1 Å². The molecule has 0 aromatic heterocycles. The van der Waals surface area contributed by atoms with Gasteiger partial charge in [-0.25, -0.2) is 9.59 Å². The lowest BCUT2D eigenvalue weighted by atomic mass is 10.1. The summed E-state index contributed by atoms with van der Waals surface area (Å²) >= 11 is 0. The number of hydrogen-bond acceptors (Lipinski definition) is 6. The fourth-order valence-corrected chi connectivity index (χ4v) is 4.05. The first-order valence-electron chi connectivity index (χ1n) is 14.3. The summed E-state index contributed by atoms with van der Waals surface area (Å²) in [6, 6.07) is 6.49.